The minimum Gasteiger partial charge on any atom is -0.372 e. The maximum absolute atomic E-state index is 13.7. The molecule has 2 N–H and O–H groups in total. The van der Waals surface area contributed by atoms with Gasteiger partial charge in [0.2, 0.25) is 5.95 Å². The molecule has 0 fully saturated rings. The van der Waals surface area contributed by atoms with E-state index in [9.17, 15) is 9.18 Å². The first-order chi connectivity index (χ1) is 13.6. The van der Waals surface area contributed by atoms with E-state index in [2.05, 4.69) is 39.3 Å². The van der Waals surface area contributed by atoms with Crippen LogP contribution in [-0.4, -0.2) is 29.0 Å². The normalized spacial score (nSPS) is 10.4. The number of benzene rings is 2. The minimum atomic E-state index is -0.402. The van der Waals surface area contributed by atoms with Crippen LogP contribution in [-0.2, 0) is 0 Å². The second-order valence-electron chi connectivity index (χ2n) is 6.07. The van der Waals surface area contributed by atoms with Crippen LogP contribution in [0.3, 0.4) is 0 Å². The summed E-state index contributed by atoms with van der Waals surface area (Å²) in [6.07, 6.45) is 2.80. The van der Waals surface area contributed by atoms with Gasteiger partial charge in [0.25, 0.3) is 5.91 Å². The number of rotatable bonds is 7. The molecule has 7 heteroatoms. The lowest BCUT2D eigenvalue weighted by atomic mass is 10.2. The van der Waals surface area contributed by atoms with Crippen molar-refractivity contribution in [3.8, 4) is 0 Å². The topological polar surface area (TPSA) is 70.2 Å². The van der Waals surface area contributed by atoms with E-state index in [4.69, 9.17) is 0 Å². The van der Waals surface area contributed by atoms with E-state index in [-0.39, 0.29) is 17.5 Å². The smallest absolute Gasteiger partial charge is 0.258 e. The molecule has 0 aliphatic carbocycles. The number of aromatic nitrogens is 2. The van der Waals surface area contributed by atoms with E-state index in [0.717, 1.165) is 18.8 Å². The lowest BCUT2D eigenvalue weighted by Gasteiger charge is -2.21. The quantitative estimate of drug-likeness (QED) is 0.634. The number of carbonyl (C=O) groups is 1. The molecular formula is C21H22FN5O. The zero-order chi connectivity index (χ0) is 19.9. The Labute approximate surface area is 163 Å². The highest BCUT2D eigenvalue weighted by Gasteiger charge is 2.09. The summed E-state index contributed by atoms with van der Waals surface area (Å²) >= 11 is 0. The number of nitrogens with zero attached hydrogens (tertiary/aromatic N) is 3. The number of para-hydroxylation sites is 1. The van der Waals surface area contributed by atoms with Gasteiger partial charge in [-0.1, -0.05) is 12.1 Å². The van der Waals surface area contributed by atoms with Crippen LogP contribution in [0, 0.1) is 5.82 Å². The first kappa shape index (κ1) is 19.3. The minimum absolute atomic E-state index is 0.213. The molecule has 0 aliphatic rings. The van der Waals surface area contributed by atoms with Gasteiger partial charge < -0.3 is 15.5 Å². The predicted octanol–water partition coefficient (Wildman–Crippen LogP) is 4.46. The molecule has 3 aromatic rings. The van der Waals surface area contributed by atoms with Crippen molar-refractivity contribution in [2.24, 2.45) is 0 Å². The Bertz CT molecular complexity index is 924. The molecule has 0 aliphatic heterocycles. The molecular weight excluding hydrogens is 357 g/mol. The van der Waals surface area contributed by atoms with Crippen molar-refractivity contribution in [2.45, 2.75) is 13.8 Å². The lowest BCUT2D eigenvalue weighted by molar-refractivity contribution is 0.102. The van der Waals surface area contributed by atoms with E-state index >= 15 is 0 Å². The molecule has 1 amide bonds. The number of nitrogens with one attached hydrogen (secondary N) is 2. The fraction of sp³-hybridized carbons (Fsp3) is 0.190. The highest BCUT2D eigenvalue weighted by Crippen LogP contribution is 2.19. The highest BCUT2D eigenvalue weighted by atomic mass is 19.1. The molecule has 1 aromatic heterocycles. The first-order valence-electron chi connectivity index (χ1n) is 9.10. The Hall–Kier alpha value is -3.48. The third kappa shape index (κ3) is 4.62. The zero-order valence-electron chi connectivity index (χ0n) is 15.8. The van der Waals surface area contributed by atoms with Gasteiger partial charge in [-0.2, -0.15) is 0 Å². The van der Waals surface area contributed by atoms with Crippen molar-refractivity contribution in [1.29, 1.82) is 0 Å². The monoisotopic (exact) mass is 379 g/mol. The van der Waals surface area contributed by atoms with Crippen LogP contribution >= 0.6 is 0 Å². The average Bonchev–Trinajstić information content (AvgIpc) is 2.72. The summed E-state index contributed by atoms with van der Waals surface area (Å²) in [6.45, 7) is 6.05. The molecule has 0 saturated carbocycles. The third-order valence-electron chi connectivity index (χ3n) is 4.29. The predicted molar refractivity (Wildman–Crippen MR) is 110 cm³/mol. The molecule has 3 rings (SSSR count). The highest BCUT2D eigenvalue weighted by molar-refractivity contribution is 6.04. The second-order valence-corrected chi connectivity index (χ2v) is 6.07. The third-order valence-corrected chi connectivity index (χ3v) is 4.29. The summed E-state index contributed by atoms with van der Waals surface area (Å²) in [7, 11) is 0. The summed E-state index contributed by atoms with van der Waals surface area (Å²) in [6, 6.07) is 13.9. The van der Waals surface area contributed by atoms with Crippen LogP contribution in [0.5, 0.6) is 0 Å². The van der Waals surface area contributed by atoms with E-state index in [0.29, 0.717) is 11.3 Å². The number of hydrogen-bond acceptors (Lipinski definition) is 5. The molecule has 0 radical (unpaired) electrons. The molecule has 28 heavy (non-hydrogen) atoms. The first-order valence-corrected chi connectivity index (χ1v) is 9.10. The number of hydrogen-bond donors (Lipinski definition) is 2. The molecule has 1 heterocycles. The van der Waals surface area contributed by atoms with Gasteiger partial charge in [-0.25, -0.2) is 14.4 Å². The van der Waals surface area contributed by atoms with Crippen LogP contribution in [0.1, 0.15) is 24.2 Å². The fourth-order valence-electron chi connectivity index (χ4n) is 2.74. The van der Waals surface area contributed by atoms with Crippen LogP contribution in [0.25, 0.3) is 0 Å². The van der Waals surface area contributed by atoms with Gasteiger partial charge in [-0.3, -0.25) is 4.79 Å². The molecule has 0 atom stereocenters. The van der Waals surface area contributed by atoms with Crippen molar-refractivity contribution in [1.82, 2.24) is 9.97 Å². The van der Waals surface area contributed by atoms with Crippen molar-refractivity contribution < 1.29 is 9.18 Å². The van der Waals surface area contributed by atoms with Gasteiger partial charge >= 0.3 is 0 Å². The maximum Gasteiger partial charge on any atom is 0.258 e. The van der Waals surface area contributed by atoms with Gasteiger partial charge in [0, 0.05) is 36.9 Å². The van der Waals surface area contributed by atoms with Crippen LogP contribution in [0.15, 0.2) is 60.9 Å². The summed E-state index contributed by atoms with van der Waals surface area (Å²) in [5.41, 5.74) is 2.38. The van der Waals surface area contributed by atoms with Crippen LogP contribution in [0.2, 0.25) is 0 Å². The van der Waals surface area contributed by atoms with E-state index in [1.807, 2.05) is 24.3 Å². The van der Waals surface area contributed by atoms with E-state index in [1.165, 1.54) is 18.5 Å². The molecule has 144 valence electrons. The molecule has 0 bridgehead atoms. The standard InChI is InChI=1S/C21H22FN5O/c1-3-27(4-2)17-11-9-16(10-12-17)25-20(28)15-13-23-21(24-14-15)26-19-8-6-5-7-18(19)22/h5-14H,3-4H2,1-2H3,(H,25,28)(H,23,24,26). The van der Waals surface area contributed by atoms with Crippen molar-refractivity contribution in [2.75, 3.05) is 28.6 Å². The van der Waals surface area contributed by atoms with Crippen molar-refractivity contribution >= 4 is 28.9 Å². The van der Waals surface area contributed by atoms with Gasteiger partial charge in [0.1, 0.15) is 5.82 Å². The van der Waals surface area contributed by atoms with Gasteiger partial charge in [0.05, 0.1) is 11.3 Å². The van der Waals surface area contributed by atoms with E-state index in [1.54, 1.807) is 18.2 Å². The van der Waals surface area contributed by atoms with Gasteiger partial charge in [0.15, 0.2) is 0 Å². The summed E-state index contributed by atoms with van der Waals surface area (Å²) in [4.78, 5) is 22.8. The van der Waals surface area contributed by atoms with E-state index < -0.39 is 5.82 Å². The number of amides is 1. The molecule has 0 unspecified atom stereocenters. The Balaban J connectivity index is 1.64. The SMILES string of the molecule is CCN(CC)c1ccc(NC(=O)c2cnc(Nc3ccccc3F)nc2)cc1. The van der Waals surface area contributed by atoms with Crippen LogP contribution in [0.4, 0.5) is 27.4 Å². The lowest BCUT2D eigenvalue weighted by Crippen LogP contribution is -2.21. The number of halogens is 1. The van der Waals surface area contributed by atoms with Crippen molar-refractivity contribution in [3.05, 3.63) is 72.3 Å². The van der Waals surface area contributed by atoms with Crippen molar-refractivity contribution in [3.63, 3.8) is 0 Å². The molecule has 6 nitrogen and oxygen atoms in total. The van der Waals surface area contributed by atoms with Gasteiger partial charge in [-0.15, -0.1) is 0 Å². The largest absolute Gasteiger partial charge is 0.372 e. The Kier molecular flexibility index (Phi) is 6.16. The van der Waals surface area contributed by atoms with Gasteiger partial charge in [-0.05, 0) is 50.2 Å². The summed E-state index contributed by atoms with van der Waals surface area (Å²) < 4.78 is 13.7. The average molecular weight is 379 g/mol. The number of carbonyl (C=O) groups excluding carboxylic acids is 1. The summed E-state index contributed by atoms with van der Waals surface area (Å²) in [5.74, 6) is -0.501. The fourth-order valence-corrected chi connectivity index (χ4v) is 2.74. The van der Waals surface area contributed by atoms with Crippen LogP contribution < -0.4 is 15.5 Å². The Morgan fingerprint density at radius 2 is 1.64 bits per heavy atom. The zero-order valence-corrected chi connectivity index (χ0v) is 15.8. The second kappa shape index (κ2) is 8.94. The molecule has 0 spiro atoms. The Morgan fingerprint density at radius 3 is 2.25 bits per heavy atom. The molecule has 2 aromatic carbocycles. The summed E-state index contributed by atoms with van der Waals surface area (Å²) in [5, 5.41) is 5.60. The molecule has 0 saturated heterocycles. The Morgan fingerprint density at radius 1 is 1.00 bits per heavy atom. The number of anilines is 4. The maximum atomic E-state index is 13.7.